The Labute approximate surface area is 105 Å². The van der Waals surface area contributed by atoms with E-state index in [1.54, 1.807) is 0 Å². The number of aryl methyl sites for hydroxylation is 1. The monoisotopic (exact) mass is 238 g/mol. The molecule has 0 unspecified atom stereocenters. The van der Waals surface area contributed by atoms with Gasteiger partial charge >= 0.3 is 0 Å². The third-order valence-corrected chi connectivity index (χ3v) is 3.12. The fraction of sp³-hybridized carbons (Fsp3) is 0.143. The summed E-state index contributed by atoms with van der Waals surface area (Å²) < 4.78 is 1.99. The zero-order chi connectivity index (χ0) is 12.5. The van der Waals surface area contributed by atoms with E-state index in [4.69, 9.17) is 5.73 Å². The summed E-state index contributed by atoms with van der Waals surface area (Å²) in [6, 6.07) is 12.1. The SMILES string of the molecule is Cc1ccccc1-c1nnc2c(CN)cccn12. The standard InChI is InChI=1S/C14H14N4/c1-10-5-2-3-7-12(10)14-17-16-13-11(9-15)6-4-8-18(13)14/h2-8H,9,15H2,1H3. The smallest absolute Gasteiger partial charge is 0.168 e. The van der Waals surface area contributed by atoms with Crippen molar-refractivity contribution >= 4 is 5.65 Å². The highest BCUT2D eigenvalue weighted by Gasteiger charge is 2.11. The molecule has 0 fully saturated rings. The van der Waals surface area contributed by atoms with Gasteiger partial charge in [0.15, 0.2) is 11.5 Å². The van der Waals surface area contributed by atoms with Crippen LogP contribution in [0, 0.1) is 6.92 Å². The second-order valence-electron chi connectivity index (χ2n) is 4.27. The Balaban J connectivity index is 2.29. The second kappa shape index (κ2) is 4.23. The zero-order valence-electron chi connectivity index (χ0n) is 10.2. The molecule has 0 aliphatic carbocycles. The molecule has 18 heavy (non-hydrogen) atoms. The molecule has 0 atom stereocenters. The lowest BCUT2D eigenvalue weighted by atomic mass is 10.1. The largest absolute Gasteiger partial charge is 0.326 e. The Morgan fingerprint density at radius 3 is 2.72 bits per heavy atom. The predicted octanol–water partition coefficient (Wildman–Crippen LogP) is 2.16. The lowest BCUT2D eigenvalue weighted by Gasteiger charge is -2.04. The molecule has 1 aromatic carbocycles. The molecule has 90 valence electrons. The lowest BCUT2D eigenvalue weighted by Crippen LogP contribution is -2.00. The van der Waals surface area contributed by atoms with Crippen LogP contribution in [0.25, 0.3) is 17.0 Å². The van der Waals surface area contributed by atoms with Gasteiger partial charge in [-0.25, -0.2) is 0 Å². The Morgan fingerprint density at radius 1 is 1.11 bits per heavy atom. The van der Waals surface area contributed by atoms with Crippen LogP contribution in [0.5, 0.6) is 0 Å². The molecule has 4 heteroatoms. The molecule has 2 N–H and O–H groups in total. The van der Waals surface area contributed by atoms with Gasteiger partial charge < -0.3 is 5.73 Å². The number of benzene rings is 1. The first kappa shape index (κ1) is 10.9. The highest BCUT2D eigenvalue weighted by atomic mass is 15.2. The molecule has 0 radical (unpaired) electrons. The number of rotatable bonds is 2. The lowest BCUT2D eigenvalue weighted by molar-refractivity contribution is 1.04. The minimum Gasteiger partial charge on any atom is -0.326 e. The number of fused-ring (bicyclic) bond motifs is 1. The molecule has 3 aromatic rings. The van der Waals surface area contributed by atoms with E-state index in [-0.39, 0.29) is 0 Å². The minimum absolute atomic E-state index is 0.468. The molecule has 2 heterocycles. The van der Waals surface area contributed by atoms with Gasteiger partial charge in [-0.15, -0.1) is 10.2 Å². The van der Waals surface area contributed by atoms with Crippen LogP contribution >= 0.6 is 0 Å². The maximum atomic E-state index is 5.71. The quantitative estimate of drug-likeness (QED) is 0.744. The van der Waals surface area contributed by atoms with E-state index in [2.05, 4.69) is 29.3 Å². The summed E-state index contributed by atoms with van der Waals surface area (Å²) >= 11 is 0. The van der Waals surface area contributed by atoms with Gasteiger partial charge in [0.05, 0.1) is 0 Å². The van der Waals surface area contributed by atoms with Crippen molar-refractivity contribution in [1.29, 1.82) is 0 Å². The summed E-state index contributed by atoms with van der Waals surface area (Å²) in [6.45, 7) is 2.54. The maximum Gasteiger partial charge on any atom is 0.168 e. The van der Waals surface area contributed by atoms with Gasteiger partial charge in [-0.1, -0.05) is 30.3 Å². The third kappa shape index (κ3) is 1.58. The van der Waals surface area contributed by atoms with Crippen LogP contribution in [0.2, 0.25) is 0 Å². The molecule has 0 spiro atoms. The molecule has 0 bridgehead atoms. The first-order valence-electron chi connectivity index (χ1n) is 5.90. The first-order valence-corrected chi connectivity index (χ1v) is 5.90. The van der Waals surface area contributed by atoms with Crippen molar-refractivity contribution in [1.82, 2.24) is 14.6 Å². The van der Waals surface area contributed by atoms with Crippen LogP contribution in [-0.2, 0) is 6.54 Å². The van der Waals surface area contributed by atoms with Gasteiger partial charge in [0.2, 0.25) is 0 Å². The summed E-state index contributed by atoms with van der Waals surface area (Å²) in [4.78, 5) is 0. The Bertz CT molecular complexity index is 700. The van der Waals surface area contributed by atoms with Crippen LogP contribution in [-0.4, -0.2) is 14.6 Å². The first-order chi connectivity index (χ1) is 8.81. The van der Waals surface area contributed by atoms with Gasteiger partial charge in [0.25, 0.3) is 0 Å². The zero-order valence-corrected chi connectivity index (χ0v) is 10.2. The molecule has 3 rings (SSSR count). The van der Waals surface area contributed by atoms with Gasteiger partial charge in [-0.2, -0.15) is 0 Å². The second-order valence-corrected chi connectivity index (χ2v) is 4.27. The topological polar surface area (TPSA) is 56.2 Å². The fourth-order valence-electron chi connectivity index (χ4n) is 2.14. The summed E-state index contributed by atoms with van der Waals surface area (Å²) in [5, 5.41) is 8.53. The molecule has 2 aromatic heterocycles. The van der Waals surface area contributed by atoms with E-state index < -0.39 is 0 Å². The number of pyridine rings is 1. The molecular formula is C14H14N4. The minimum atomic E-state index is 0.468. The number of hydrogen-bond donors (Lipinski definition) is 1. The number of nitrogens with zero attached hydrogens (tertiary/aromatic N) is 3. The highest BCUT2D eigenvalue weighted by Crippen LogP contribution is 2.22. The van der Waals surface area contributed by atoms with Gasteiger partial charge in [-0.05, 0) is 18.6 Å². The van der Waals surface area contributed by atoms with Crippen LogP contribution in [0.4, 0.5) is 0 Å². The molecular weight excluding hydrogens is 224 g/mol. The van der Waals surface area contributed by atoms with Crippen molar-refractivity contribution in [3.63, 3.8) is 0 Å². The predicted molar refractivity (Wildman–Crippen MR) is 71.1 cm³/mol. The average Bonchev–Trinajstić information content (AvgIpc) is 2.83. The Morgan fingerprint density at radius 2 is 1.94 bits per heavy atom. The summed E-state index contributed by atoms with van der Waals surface area (Å²) in [7, 11) is 0. The van der Waals surface area contributed by atoms with Crippen LogP contribution in [0.15, 0.2) is 42.6 Å². The number of hydrogen-bond acceptors (Lipinski definition) is 3. The molecule has 0 aliphatic heterocycles. The van der Waals surface area contributed by atoms with Crippen molar-refractivity contribution in [3.8, 4) is 11.4 Å². The number of aromatic nitrogens is 3. The maximum absolute atomic E-state index is 5.71. The Kier molecular flexibility index (Phi) is 2.57. The van der Waals surface area contributed by atoms with E-state index in [0.717, 1.165) is 22.6 Å². The van der Waals surface area contributed by atoms with Gasteiger partial charge in [-0.3, -0.25) is 4.40 Å². The third-order valence-electron chi connectivity index (χ3n) is 3.12. The van der Waals surface area contributed by atoms with E-state index in [1.165, 1.54) is 5.56 Å². The molecule has 0 amide bonds. The fourth-order valence-corrected chi connectivity index (χ4v) is 2.14. The van der Waals surface area contributed by atoms with Crippen molar-refractivity contribution in [3.05, 3.63) is 53.7 Å². The van der Waals surface area contributed by atoms with Crippen LogP contribution < -0.4 is 5.73 Å². The normalized spacial score (nSPS) is 11.0. The van der Waals surface area contributed by atoms with Crippen LogP contribution in [0.1, 0.15) is 11.1 Å². The van der Waals surface area contributed by atoms with E-state index >= 15 is 0 Å². The Hall–Kier alpha value is -2.20. The summed E-state index contributed by atoms with van der Waals surface area (Å²) in [5.41, 5.74) is 9.83. The molecule has 0 saturated heterocycles. The van der Waals surface area contributed by atoms with Crippen molar-refractivity contribution in [2.24, 2.45) is 5.73 Å². The average molecular weight is 238 g/mol. The number of nitrogens with two attached hydrogens (primary N) is 1. The molecule has 4 nitrogen and oxygen atoms in total. The molecule has 0 aliphatic rings. The van der Waals surface area contributed by atoms with E-state index in [0.29, 0.717) is 6.54 Å². The van der Waals surface area contributed by atoms with Crippen molar-refractivity contribution in [2.75, 3.05) is 0 Å². The molecule has 0 saturated carbocycles. The highest BCUT2D eigenvalue weighted by molar-refractivity contribution is 5.64. The summed E-state index contributed by atoms with van der Waals surface area (Å²) in [5.74, 6) is 0.860. The summed E-state index contributed by atoms with van der Waals surface area (Å²) in [6.07, 6.45) is 1.97. The van der Waals surface area contributed by atoms with Gasteiger partial charge in [0.1, 0.15) is 0 Å². The van der Waals surface area contributed by atoms with Crippen molar-refractivity contribution < 1.29 is 0 Å². The van der Waals surface area contributed by atoms with Gasteiger partial charge in [0, 0.05) is 23.9 Å². The van der Waals surface area contributed by atoms with Crippen molar-refractivity contribution in [2.45, 2.75) is 13.5 Å². The van der Waals surface area contributed by atoms with E-state index in [9.17, 15) is 0 Å². The van der Waals surface area contributed by atoms with E-state index in [1.807, 2.05) is 34.9 Å². The van der Waals surface area contributed by atoms with Crippen LogP contribution in [0.3, 0.4) is 0 Å².